The lowest BCUT2D eigenvalue weighted by atomic mass is 9.89. The van der Waals surface area contributed by atoms with Gasteiger partial charge >= 0.3 is 49.6 Å². The molecule has 0 bridgehead atoms. The Bertz CT molecular complexity index is 5210. The highest BCUT2D eigenvalue weighted by Crippen LogP contribution is 2.57. The van der Waals surface area contributed by atoms with Crippen molar-refractivity contribution in [3.8, 4) is 0 Å². The number of hydrogen-bond acceptors (Lipinski definition) is 40. The van der Waals surface area contributed by atoms with Crippen molar-refractivity contribution in [2.45, 2.75) is 145 Å². The van der Waals surface area contributed by atoms with Crippen LogP contribution in [0.25, 0.3) is 11.2 Å². The molecule has 6 aromatic rings. The number of methoxy groups -OCH3 is 2. The Morgan fingerprint density at radius 1 is 0.592 bits per heavy atom. The summed E-state index contributed by atoms with van der Waals surface area (Å²) < 4.78 is 122. The van der Waals surface area contributed by atoms with Crippen LogP contribution in [0.2, 0.25) is 0 Å². The highest BCUT2D eigenvalue weighted by atomic mass is 79.9. The second kappa shape index (κ2) is 42.2. The number of halogens is 1. The number of aliphatic hydroxyl groups excluding tert-OH is 1. The number of fused-ring (bicyclic) bond motifs is 1. The molecule has 0 spiro atoms. The van der Waals surface area contributed by atoms with E-state index in [0.29, 0.717) is 19.6 Å². The van der Waals surface area contributed by atoms with Crippen LogP contribution in [-0.2, 0) is 140 Å². The fraction of sp³-hybridized carbons (Fsp3) is 0.651. The second-order valence-corrected chi connectivity index (χ2v) is 39.9. The predicted molar refractivity (Wildman–Crippen MR) is 436 cm³/mol. The van der Waals surface area contributed by atoms with Gasteiger partial charge in [-0.3, -0.25) is 66.0 Å². The zero-order valence-corrected chi connectivity index (χ0v) is 73.0. The number of H-pyrrole nitrogens is 3. The summed E-state index contributed by atoms with van der Waals surface area (Å²) in [5.41, 5.74) is 17.4. The van der Waals surface area contributed by atoms with E-state index < -0.39 is 191 Å². The van der Waals surface area contributed by atoms with Crippen molar-refractivity contribution < 1.29 is 113 Å². The third-order valence-corrected chi connectivity index (χ3v) is 27.0. The van der Waals surface area contributed by atoms with Crippen molar-refractivity contribution in [1.29, 1.82) is 0 Å². The van der Waals surface area contributed by atoms with Crippen LogP contribution in [0.15, 0.2) is 81.3 Å². The van der Waals surface area contributed by atoms with Crippen molar-refractivity contribution in [2.24, 2.45) is 17.6 Å². The number of carbonyl (C=O) groups is 1. The smallest absolute Gasteiger partial charge is 0.351 e. The number of amides is 1. The topological polar surface area (TPSA) is 633 Å². The highest BCUT2D eigenvalue weighted by Gasteiger charge is 2.54. The molecule has 0 aromatic carbocycles. The molecule has 57 heteroatoms. The van der Waals surface area contributed by atoms with Gasteiger partial charge in [0.15, 0.2) is 23.6 Å². The van der Waals surface area contributed by atoms with Crippen LogP contribution >= 0.6 is 42.8 Å². The van der Waals surface area contributed by atoms with Crippen LogP contribution in [0.4, 0.5) is 17.6 Å². The first-order chi connectivity index (χ1) is 57.0. The second-order valence-electron chi connectivity index (χ2n) is 27.7. The molecule has 6 aromatic heterocycles. The van der Waals surface area contributed by atoms with E-state index in [1.807, 2.05) is 13.8 Å². The maximum absolute atomic E-state index is 13.6. The van der Waals surface area contributed by atoms with E-state index in [1.54, 1.807) is 0 Å². The van der Waals surface area contributed by atoms with Crippen molar-refractivity contribution in [2.75, 3.05) is 124 Å². The van der Waals surface area contributed by atoms with Crippen LogP contribution < -0.4 is 67.7 Å². The van der Waals surface area contributed by atoms with E-state index >= 15 is 0 Å². The number of aromatic amines is 3. The minimum absolute atomic E-state index is 0.00908. The average Bonchev–Trinajstić information content (AvgIpc) is 1.63. The van der Waals surface area contributed by atoms with Crippen molar-refractivity contribution in [3.63, 3.8) is 0 Å². The van der Waals surface area contributed by atoms with Gasteiger partial charge in [0.05, 0.1) is 108 Å². The molecule has 1 amide bonds. The van der Waals surface area contributed by atoms with Gasteiger partial charge in [-0.25, -0.2) is 24.2 Å². The molecule has 666 valence electrons. The zero-order valence-electron chi connectivity index (χ0n) is 64.6. The molecule has 5 aliphatic heterocycles. The van der Waals surface area contributed by atoms with E-state index in [0.717, 1.165) is 19.9 Å². The fourth-order valence-corrected chi connectivity index (χ4v) is 20.3. The molecular weight excluding hydrogens is 1820 g/mol. The van der Waals surface area contributed by atoms with Crippen molar-refractivity contribution in [3.05, 3.63) is 126 Å². The Morgan fingerprint density at radius 3 is 1.73 bits per heavy atom. The van der Waals surface area contributed by atoms with Crippen LogP contribution in [0, 0.1) is 18.8 Å². The Kier molecular flexibility index (Phi) is 33.4. The van der Waals surface area contributed by atoms with Crippen molar-refractivity contribution in [1.82, 2.24) is 63.0 Å². The van der Waals surface area contributed by atoms with Crippen LogP contribution in [0.3, 0.4) is 0 Å². The lowest BCUT2D eigenvalue weighted by molar-refractivity contribution is -0.122. The van der Waals surface area contributed by atoms with Gasteiger partial charge in [-0.05, 0) is 100 Å². The summed E-state index contributed by atoms with van der Waals surface area (Å²) >= 11 is 26.2. The number of imidazole rings is 1. The van der Waals surface area contributed by atoms with E-state index in [9.17, 15) is 58.1 Å². The first-order valence-electron chi connectivity index (χ1n) is 36.9. The number of ether oxygens (including phenoxy) is 10. The molecule has 16 N–H and O–H groups in total. The Balaban J connectivity index is 0.820. The third kappa shape index (κ3) is 24.4. The Labute approximate surface area is 708 Å². The van der Waals surface area contributed by atoms with E-state index in [2.05, 4.69) is 56.1 Å². The van der Waals surface area contributed by atoms with E-state index in [1.165, 1.54) is 67.3 Å². The van der Waals surface area contributed by atoms with E-state index in [-0.39, 0.29) is 129 Å². The lowest BCUT2D eigenvalue weighted by Gasteiger charge is -2.30. The molecule has 11 rings (SSSR count). The van der Waals surface area contributed by atoms with Crippen LogP contribution in [0.5, 0.6) is 0 Å². The number of nitrogen functional groups attached to an aromatic ring is 3. The fourth-order valence-electron chi connectivity index (χ4n) is 13.6. The number of nitrogens with zero attached hydrogens (tertiary/aromatic N) is 9. The van der Waals surface area contributed by atoms with Gasteiger partial charge in [0.2, 0.25) is 11.9 Å². The minimum atomic E-state index is -4.77. The number of nitrogens with one attached hydrogen (secondary N) is 4. The number of aromatic nitrogens is 12. The molecule has 9 unspecified atom stereocenters. The van der Waals surface area contributed by atoms with Gasteiger partial charge in [-0.15, -0.1) is 0 Å². The molecule has 5 fully saturated rings. The molecular formula is C63H92BrN17O31P4S4. The summed E-state index contributed by atoms with van der Waals surface area (Å²) in [6.07, 6.45) is -14.9. The van der Waals surface area contributed by atoms with Crippen molar-refractivity contribution >= 4 is 125 Å². The molecule has 120 heavy (non-hydrogen) atoms. The molecule has 0 saturated carbocycles. The third-order valence-electron chi connectivity index (χ3n) is 19.3. The highest BCUT2D eigenvalue weighted by molar-refractivity contribution is 9.10. The van der Waals surface area contributed by atoms with Crippen LogP contribution in [-0.4, -0.2) is 257 Å². The molecule has 5 aliphatic rings. The number of anilines is 3. The summed E-state index contributed by atoms with van der Waals surface area (Å²) in [6, 6.07) is 2.73. The standard InChI is InChI=1S/C63H92BrN17O31P4S4/c1-31(2)33-20-45(77-11-6-42(66)71-60(77)87)104-38(33)26-103-116(120,99-19-18-98-17-16-97-15-10-69-44(83)8-13-96-14-9-65)110-36-22-46(79-23-32(3)54(84)75-62(79)89)105-40(36)28-100-113(91,117)109-35-21-47(81-30-70-48-53(81)73-59(68)74-56(48)86)106-39(35)27-101-114(92,118)112-50-41(108-57(52(50)95-5)78-12-7-43(67)72-61(78)88)29-102-115(93,119)111-49-37(25-82)107-58(51(49)94-4)80-24-34(64)55(85)76-63(80)90/h6-7,11-12,23-24,30-31,33,35-41,45-47,49-52,57-58,82H,8-10,13-22,25-29,65H2,1-5H3,(H,69,83)(H,91,117)(H,92,118)(H,93,119)(H2,66,71,87)(H2,67,72,88)(H,75,84,89)(H,76,85,90)(H3,68,73,74,86)/t33?,35?,36?,37-,38-,39-,40-,41-,45-,46-,47-,49?,50?,51+,52+,57-,58-,113?,114?,115?,116?/m1/s1. The van der Waals surface area contributed by atoms with Gasteiger partial charge in [-0.1, -0.05) is 13.8 Å². The number of aliphatic hydroxyl groups is 1. The van der Waals surface area contributed by atoms with Crippen LogP contribution in [0.1, 0.15) is 76.2 Å². The molecule has 5 saturated heterocycles. The number of hydrogen-bond donors (Lipinski definition) is 12. The maximum atomic E-state index is 13.6. The van der Waals surface area contributed by atoms with Gasteiger partial charge < -0.3 is 127 Å². The number of nitrogens with two attached hydrogens (primary N) is 4. The van der Waals surface area contributed by atoms with Gasteiger partial charge in [0, 0.05) is 76.9 Å². The first kappa shape index (κ1) is 95.1. The summed E-state index contributed by atoms with van der Waals surface area (Å²) in [4.78, 5) is 163. The number of carbonyl (C=O) groups excluding carboxylic acids is 1. The average molecular weight is 1920 g/mol. The molecule has 11 heterocycles. The quantitative estimate of drug-likeness (QED) is 0.0153. The molecule has 48 nitrogen and oxygen atoms in total. The minimum Gasteiger partial charge on any atom is -0.394 e. The molecule has 21 atom stereocenters. The largest absolute Gasteiger partial charge is 0.394 e. The van der Waals surface area contributed by atoms with Gasteiger partial charge in [0.1, 0.15) is 79.2 Å². The summed E-state index contributed by atoms with van der Waals surface area (Å²) in [5.74, 6) is -0.980. The summed E-state index contributed by atoms with van der Waals surface area (Å²) in [6.45, 7) is -15.0. The molecule has 0 aliphatic carbocycles. The number of rotatable bonds is 44. The number of aryl methyl sites for hydroxylation is 1. The summed E-state index contributed by atoms with van der Waals surface area (Å²) in [5, 5.41) is 13.2. The summed E-state index contributed by atoms with van der Waals surface area (Å²) in [7, 11) is 2.40. The first-order valence-corrected chi connectivity index (χ1v) is 48.1. The SMILES string of the molecule is CO[C@H]1C(OP(O)(=S)OC[C@H]2O[C@@H](n3cnc4c(=O)[nH]c(N)nc43)CC2OP(O)(=S)OC[C@H]2O[C@@H](n3cc(C)c(=O)[nH]c3=O)CC2OP(=S)(OCCOCCOCCNC(=O)CCOCCN)OC[C@H]2O[C@@H](n3ccc(N)nc3=O)CC2C(C)C)[C@@H](COP(O)(=S)OC2[C@@H](CO)O[C@@H](n3cc(Br)c(=O)[nH]c3=O)[C@H]2OC)O[C@H]1n1ccc(N)nc1=O. The van der Waals surface area contributed by atoms with Gasteiger partial charge in [-0.2, -0.15) is 15.0 Å². The Morgan fingerprint density at radius 2 is 1.12 bits per heavy atom. The van der Waals surface area contributed by atoms with Gasteiger partial charge in [0.25, 0.3) is 16.7 Å². The normalized spacial score (nSPS) is 27.8. The lowest BCUT2D eigenvalue weighted by Crippen LogP contribution is -2.40. The zero-order chi connectivity index (χ0) is 86.7. The maximum Gasteiger partial charge on any atom is 0.351 e. The predicted octanol–water partition coefficient (Wildman–Crippen LogP) is -1.48. The Hall–Kier alpha value is -5.54. The van der Waals surface area contributed by atoms with E-state index in [4.69, 9.17) is 158 Å². The monoisotopic (exact) mass is 1910 g/mol. The molecule has 0 radical (unpaired) electrons.